The molecule has 4 aromatic rings. The fourth-order valence-corrected chi connectivity index (χ4v) is 3.83. The second kappa shape index (κ2) is 8.40. The molecule has 0 unspecified atom stereocenters. The number of nitrogen functional groups attached to an aromatic ring is 1. The molecule has 2 aromatic heterocycles. The predicted octanol–water partition coefficient (Wildman–Crippen LogP) is 2.98. The van der Waals surface area contributed by atoms with Crippen LogP contribution in [0.1, 0.15) is 0 Å². The first-order chi connectivity index (χ1) is 15.6. The van der Waals surface area contributed by atoms with Crippen molar-refractivity contribution in [3.05, 3.63) is 52.7 Å². The van der Waals surface area contributed by atoms with Crippen molar-refractivity contribution in [3.8, 4) is 17.1 Å². The van der Waals surface area contributed by atoms with E-state index in [0.29, 0.717) is 34.6 Å². The Balaban J connectivity index is 1.39. The molecule has 3 N–H and O–H groups in total. The van der Waals surface area contributed by atoms with Crippen molar-refractivity contribution in [1.82, 2.24) is 19.9 Å². The van der Waals surface area contributed by atoms with Gasteiger partial charge in [0.15, 0.2) is 0 Å². The second-order valence-corrected chi connectivity index (χ2v) is 7.61. The number of benzene rings is 2. The number of aromatic nitrogens is 3. The minimum atomic E-state index is -0.451. The number of ether oxygens (including phenoxy) is 2. The molecule has 1 aliphatic heterocycles. The third-order valence-electron chi connectivity index (χ3n) is 5.59. The molecule has 5 rings (SSSR count). The van der Waals surface area contributed by atoms with Gasteiger partial charge in [0.05, 0.1) is 45.9 Å². The minimum absolute atomic E-state index is 0.0355. The van der Waals surface area contributed by atoms with E-state index in [1.165, 1.54) is 12.1 Å². The number of hydrogen-bond acceptors (Lipinski definition) is 8. The van der Waals surface area contributed by atoms with Crippen LogP contribution >= 0.6 is 0 Å². The van der Waals surface area contributed by atoms with Gasteiger partial charge in [0.2, 0.25) is 0 Å². The van der Waals surface area contributed by atoms with Gasteiger partial charge in [-0.1, -0.05) is 0 Å². The highest BCUT2D eigenvalue weighted by atomic mass is 16.6. The number of nitrogens with one attached hydrogen (secondary N) is 1. The van der Waals surface area contributed by atoms with E-state index in [9.17, 15) is 10.1 Å². The number of nitro groups is 1. The molecular formula is C22H22N6O4. The summed E-state index contributed by atoms with van der Waals surface area (Å²) in [4.78, 5) is 25.3. The van der Waals surface area contributed by atoms with Gasteiger partial charge in [-0.3, -0.25) is 20.0 Å². The number of nitrogens with two attached hydrogens (primary N) is 1. The van der Waals surface area contributed by atoms with Gasteiger partial charge in [-0.15, -0.1) is 0 Å². The summed E-state index contributed by atoms with van der Waals surface area (Å²) in [5.41, 5.74) is 9.45. The normalized spacial score (nSPS) is 14.8. The van der Waals surface area contributed by atoms with Crippen molar-refractivity contribution in [3.63, 3.8) is 0 Å². The van der Waals surface area contributed by atoms with Crippen LogP contribution in [0.4, 0.5) is 11.4 Å². The van der Waals surface area contributed by atoms with Gasteiger partial charge < -0.3 is 20.2 Å². The van der Waals surface area contributed by atoms with E-state index < -0.39 is 4.92 Å². The fraction of sp³-hybridized carbons (Fsp3) is 0.273. The number of pyridine rings is 1. The van der Waals surface area contributed by atoms with Crippen LogP contribution in [0, 0.1) is 10.1 Å². The standard InChI is InChI=1S/C22H22N6O4/c23-21-16-11-14(28(29)30)1-3-18(16)24-13-17(21)22-25-19-4-2-15(12-20(19)26-22)32-10-7-27-5-8-31-9-6-27/h1-4,11-13H,5-10H2,(H2,23,24)(H,25,26). The molecule has 0 aliphatic carbocycles. The molecule has 0 atom stereocenters. The molecule has 32 heavy (non-hydrogen) atoms. The summed E-state index contributed by atoms with van der Waals surface area (Å²) in [6.07, 6.45) is 1.63. The number of anilines is 1. The average molecular weight is 434 g/mol. The zero-order chi connectivity index (χ0) is 22.1. The smallest absolute Gasteiger partial charge is 0.270 e. The van der Waals surface area contributed by atoms with Crippen LogP contribution in [0.15, 0.2) is 42.6 Å². The fourth-order valence-electron chi connectivity index (χ4n) is 3.83. The van der Waals surface area contributed by atoms with Crippen molar-refractivity contribution in [1.29, 1.82) is 0 Å². The number of H-pyrrole nitrogens is 1. The Kier molecular flexibility index (Phi) is 5.29. The maximum Gasteiger partial charge on any atom is 0.270 e. The predicted molar refractivity (Wildman–Crippen MR) is 121 cm³/mol. The third kappa shape index (κ3) is 3.93. The Morgan fingerprint density at radius 1 is 1.19 bits per heavy atom. The van der Waals surface area contributed by atoms with Crippen LogP contribution in [0.25, 0.3) is 33.3 Å². The van der Waals surface area contributed by atoms with E-state index in [1.807, 2.05) is 18.2 Å². The van der Waals surface area contributed by atoms with Gasteiger partial charge >= 0.3 is 0 Å². The molecule has 0 saturated carbocycles. The van der Waals surface area contributed by atoms with Gasteiger partial charge in [-0.05, 0) is 18.2 Å². The lowest BCUT2D eigenvalue weighted by molar-refractivity contribution is -0.384. The summed E-state index contributed by atoms with van der Waals surface area (Å²) in [5.74, 6) is 1.30. The molecule has 1 aliphatic rings. The van der Waals surface area contributed by atoms with Crippen LogP contribution < -0.4 is 10.5 Å². The lowest BCUT2D eigenvalue weighted by Crippen LogP contribution is -2.38. The molecular weight excluding hydrogens is 412 g/mol. The highest BCUT2D eigenvalue weighted by Crippen LogP contribution is 2.33. The summed E-state index contributed by atoms with van der Waals surface area (Å²) in [7, 11) is 0. The molecule has 1 fully saturated rings. The van der Waals surface area contributed by atoms with E-state index in [-0.39, 0.29) is 5.69 Å². The lowest BCUT2D eigenvalue weighted by Gasteiger charge is -2.26. The van der Waals surface area contributed by atoms with Crippen LogP contribution in [0.2, 0.25) is 0 Å². The second-order valence-electron chi connectivity index (χ2n) is 7.61. The molecule has 164 valence electrons. The zero-order valence-corrected chi connectivity index (χ0v) is 17.3. The number of fused-ring (bicyclic) bond motifs is 2. The molecule has 0 radical (unpaired) electrons. The van der Waals surface area contributed by atoms with Crippen LogP contribution in [-0.4, -0.2) is 64.2 Å². The number of hydrogen-bond donors (Lipinski definition) is 2. The molecule has 10 heteroatoms. The summed E-state index contributed by atoms with van der Waals surface area (Å²) in [6.45, 7) is 4.83. The summed E-state index contributed by atoms with van der Waals surface area (Å²) in [6, 6.07) is 10.1. The van der Waals surface area contributed by atoms with Crippen molar-refractivity contribution >= 4 is 33.3 Å². The first kappa shape index (κ1) is 20.2. The van der Waals surface area contributed by atoms with E-state index in [1.54, 1.807) is 12.3 Å². The quantitative estimate of drug-likeness (QED) is 0.350. The number of aromatic amines is 1. The van der Waals surface area contributed by atoms with Gasteiger partial charge in [0.1, 0.15) is 18.2 Å². The maximum absolute atomic E-state index is 11.1. The zero-order valence-electron chi connectivity index (χ0n) is 17.3. The van der Waals surface area contributed by atoms with E-state index in [2.05, 4.69) is 19.9 Å². The first-order valence-corrected chi connectivity index (χ1v) is 10.3. The average Bonchev–Trinajstić information content (AvgIpc) is 3.23. The van der Waals surface area contributed by atoms with E-state index >= 15 is 0 Å². The molecule has 10 nitrogen and oxygen atoms in total. The number of imidazole rings is 1. The van der Waals surface area contributed by atoms with Crippen molar-refractivity contribution in [2.24, 2.45) is 0 Å². The van der Waals surface area contributed by atoms with Gasteiger partial charge in [0.25, 0.3) is 5.69 Å². The van der Waals surface area contributed by atoms with E-state index in [4.69, 9.17) is 15.2 Å². The van der Waals surface area contributed by atoms with Crippen molar-refractivity contribution in [2.45, 2.75) is 0 Å². The largest absolute Gasteiger partial charge is 0.492 e. The SMILES string of the molecule is Nc1c(-c2nc3ccc(OCCN4CCOCC4)cc3[nH]2)cnc2ccc([N+](=O)[O-])cc12. The maximum atomic E-state index is 11.1. The molecule has 0 spiro atoms. The molecule has 0 amide bonds. The number of non-ortho nitro benzene ring substituents is 1. The Hall–Kier alpha value is -3.76. The van der Waals surface area contributed by atoms with Gasteiger partial charge in [-0.25, -0.2) is 4.98 Å². The van der Waals surface area contributed by atoms with Crippen molar-refractivity contribution < 1.29 is 14.4 Å². The first-order valence-electron chi connectivity index (χ1n) is 10.3. The topological polar surface area (TPSA) is 132 Å². The van der Waals surface area contributed by atoms with Crippen LogP contribution in [-0.2, 0) is 4.74 Å². The highest BCUT2D eigenvalue weighted by Gasteiger charge is 2.15. The van der Waals surface area contributed by atoms with Gasteiger partial charge in [-0.2, -0.15) is 0 Å². The number of rotatable bonds is 6. The molecule has 0 bridgehead atoms. The number of nitro benzene ring substituents is 1. The Morgan fingerprint density at radius 3 is 2.81 bits per heavy atom. The summed E-state index contributed by atoms with van der Waals surface area (Å²) in [5, 5.41) is 11.6. The minimum Gasteiger partial charge on any atom is -0.492 e. The van der Waals surface area contributed by atoms with Crippen molar-refractivity contribution in [2.75, 3.05) is 45.2 Å². The number of morpholine rings is 1. The number of nitrogens with zero attached hydrogens (tertiary/aromatic N) is 4. The lowest BCUT2D eigenvalue weighted by atomic mass is 10.1. The van der Waals surface area contributed by atoms with Crippen LogP contribution in [0.5, 0.6) is 5.75 Å². The Morgan fingerprint density at radius 2 is 2.00 bits per heavy atom. The molecule has 2 aromatic carbocycles. The summed E-state index contributed by atoms with van der Waals surface area (Å²) < 4.78 is 11.3. The Bertz CT molecular complexity index is 1300. The third-order valence-corrected chi connectivity index (χ3v) is 5.59. The van der Waals surface area contributed by atoms with E-state index in [0.717, 1.165) is 49.6 Å². The molecule has 3 heterocycles. The molecule has 1 saturated heterocycles. The Labute approximate surface area is 183 Å². The monoisotopic (exact) mass is 434 g/mol. The van der Waals surface area contributed by atoms with Gasteiger partial charge in [0, 0.05) is 49.4 Å². The van der Waals surface area contributed by atoms with Crippen LogP contribution in [0.3, 0.4) is 0 Å². The summed E-state index contributed by atoms with van der Waals surface area (Å²) >= 11 is 0. The highest BCUT2D eigenvalue weighted by molar-refractivity contribution is 5.98.